The van der Waals surface area contributed by atoms with Crippen molar-refractivity contribution in [3.05, 3.63) is 50.6 Å². The van der Waals surface area contributed by atoms with Crippen LogP contribution in [0, 0.1) is 35.5 Å². The Bertz CT molecular complexity index is 1320. The van der Waals surface area contributed by atoms with Crippen LogP contribution in [0.5, 0.6) is 0 Å². The number of aliphatic hydroxyl groups excluding tert-OH is 4. The predicted octanol–water partition coefficient (Wildman–Crippen LogP) is 5.77. The van der Waals surface area contributed by atoms with Gasteiger partial charge in [0.15, 0.2) is 0 Å². The van der Waals surface area contributed by atoms with Gasteiger partial charge in [-0.2, -0.15) is 0 Å². The Kier molecular flexibility index (Phi) is 31.7. The summed E-state index contributed by atoms with van der Waals surface area (Å²) in [5.41, 5.74) is 0. The van der Waals surface area contributed by atoms with Crippen LogP contribution in [-0.2, 0) is 57.1 Å². The molecule has 4 N–H and O–H groups in total. The molecule has 0 amide bonds. The second-order valence-corrected chi connectivity index (χ2v) is 18.1. The maximum atomic E-state index is 11.0. The van der Waals surface area contributed by atoms with Gasteiger partial charge in [0, 0.05) is 37.5 Å². The van der Waals surface area contributed by atoms with Crippen molar-refractivity contribution in [1.29, 1.82) is 0 Å². The van der Waals surface area contributed by atoms with Crippen LogP contribution in [0.3, 0.4) is 0 Å². The van der Waals surface area contributed by atoms with Crippen molar-refractivity contribution in [2.24, 2.45) is 35.5 Å². The largest absolute Gasteiger partial charge is 0.460 e. The normalized spacial score (nSPS) is 26.4. The Balaban J connectivity index is 0.000000365. The Morgan fingerprint density at radius 2 is 0.776 bits per heavy atom. The molecule has 0 aromatic carbocycles. The minimum absolute atomic E-state index is 0.0507. The van der Waals surface area contributed by atoms with Crippen LogP contribution in [0.15, 0.2) is 50.6 Å². The highest BCUT2D eigenvalue weighted by Crippen LogP contribution is 2.58. The van der Waals surface area contributed by atoms with Crippen molar-refractivity contribution in [2.45, 2.75) is 147 Å². The number of carbonyl (C=O) groups excluding carboxylic acids is 4. The van der Waals surface area contributed by atoms with Crippen LogP contribution in [0.2, 0.25) is 0 Å². The molecular weight excluding hydrogens is 869 g/mol. The maximum absolute atomic E-state index is 11.0. The summed E-state index contributed by atoms with van der Waals surface area (Å²) in [6.07, 6.45) is 20.7. The van der Waals surface area contributed by atoms with Crippen LogP contribution in [0.25, 0.3) is 0 Å². The first-order valence-electron chi connectivity index (χ1n) is 24.5. The van der Waals surface area contributed by atoms with Gasteiger partial charge in [-0.25, -0.2) is 19.2 Å². The second kappa shape index (κ2) is 35.6. The molecule has 16 heteroatoms. The van der Waals surface area contributed by atoms with Crippen LogP contribution < -0.4 is 0 Å². The number of carbonyl (C=O) groups is 4. The van der Waals surface area contributed by atoms with E-state index in [-0.39, 0.29) is 65.1 Å². The van der Waals surface area contributed by atoms with Gasteiger partial charge in [0.2, 0.25) is 0 Å². The summed E-state index contributed by atoms with van der Waals surface area (Å²) in [4.78, 5) is 43.0. The number of hydrogen-bond acceptors (Lipinski definition) is 16. The molecular formula is C51H84O16. The predicted molar refractivity (Wildman–Crippen MR) is 251 cm³/mol. The van der Waals surface area contributed by atoms with Gasteiger partial charge in [0.1, 0.15) is 50.8 Å². The van der Waals surface area contributed by atoms with Crippen molar-refractivity contribution in [3.63, 3.8) is 0 Å². The van der Waals surface area contributed by atoms with E-state index in [0.29, 0.717) is 25.0 Å². The summed E-state index contributed by atoms with van der Waals surface area (Å²) in [5, 5.41) is 37.9. The molecule has 16 nitrogen and oxygen atoms in total. The van der Waals surface area contributed by atoms with Gasteiger partial charge in [-0.1, -0.05) is 32.7 Å². The van der Waals surface area contributed by atoms with Crippen LogP contribution in [0.1, 0.15) is 110 Å². The van der Waals surface area contributed by atoms with E-state index in [9.17, 15) is 29.4 Å². The molecule has 2 bridgehead atoms. The first kappa shape index (κ1) is 59.6. The molecule has 5 aliphatic carbocycles. The smallest absolute Gasteiger partial charge is 0.330 e. The average Bonchev–Trinajstić information content (AvgIpc) is 4.12. The summed E-state index contributed by atoms with van der Waals surface area (Å²) < 4.78 is 40.2. The number of fused-ring (bicyclic) bond motifs is 5. The van der Waals surface area contributed by atoms with Gasteiger partial charge in [0.25, 0.3) is 0 Å². The van der Waals surface area contributed by atoms with E-state index >= 15 is 0 Å². The van der Waals surface area contributed by atoms with Crippen molar-refractivity contribution in [3.8, 4) is 0 Å². The van der Waals surface area contributed by atoms with Gasteiger partial charge in [-0.05, 0) is 139 Å². The minimum Gasteiger partial charge on any atom is -0.460 e. The van der Waals surface area contributed by atoms with E-state index in [1.807, 2.05) is 13.8 Å². The molecule has 0 aromatic heterocycles. The number of ether oxygens (including phenoxy) is 8. The van der Waals surface area contributed by atoms with Gasteiger partial charge in [-0.3, -0.25) is 0 Å². The summed E-state index contributed by atoms with van der Waals surface area (Å²) in [6, 6.07) is 0. The Hall–Kier alpha value is -3.48. The summed E-state index contributed by atoms with van der Waals surface area (Å²) in [7, 11) is 0. The summed E-state index contributed by atoms with van der Waals surface area (Å²) in [5.74, 6) is 4.07. The third-order valence-corrected chi connectivity index (χ3v) is 13.0. The maximum Gasteiger partial charge on any atom is 0.330 e. The van der Waals surface area contributed by atoms with Crippen LogP contribution >= 0.6 is 0 Å². The first-order chi connectivity index (χ1) is 32.2. The van der Waals surface area contributed by atoms with E-state index in [2.05, 4.69) is 35.8 Å². The fourth-order valence-corrected chi connectivity index (χ4v) is 9.70. The van der Waals surface area contributed by atoms with Gasteiger partial charge < -0.3 is 58.3 Å². The van der Waals surface area contributed by atoms with Crippen molar-refractivity contribution >= 4 is 23.9 Å². The Morgan fingerprint density at radius 3 is 1.07 bits per heavy atom. The molecule has 5 fully saturated rings. The number of aliphatic hydroxyl groups is 4. The third-order valence-electron chi connectivity index (χ3n) is 13.0. The zero-order valence-electron chi connectivity index (χ0n) is 40.4. The lowest BCUT2D eigenvalue weighted by Gasteiger charge is -2.34. The third kappa shape index (κ3) is 26.2. The first-order valence-corrected chi connectivity index (χ1v) is 24.5. The van der Waals surface area contributed by atoms with Gasteiger partial charge in [0.05, 0.1) is 38.6 Å². The average molecular weight is 953 g/mol. The lowest BCUT2D eigenvalue weighted by molar-refractivity contribution is -0.143. The highest BCUT2D eigenvalue weighted by Gasteiger charge is 2.48. The van der Waals surface area contributed by atoms with Crippen molar-refractivity contribution < 1.29 is 77.5 Å². The minimum atomic E-state index is -0.813. The van der Waals surface area contributed by atoms with Crippen molar-refractivity contribution in [2.75, 3.05) is 66.1 Å². The zero-order valence-corrected chi connectivity index (χ0v) is 40.4. The quantitative estimate of drug-likeness (QED) is 0.0459. The molecule has 0 aromatic rings. The van der Waals surface area contributed by atoms with E-state index in [1.54, 1.807) is 38.5 Å². The van der Waals surface area contributed by atoms with E-state index in [1.165, 1.54) is 30.1 Å². The topological polar surface area (TPSA) is 223 Å². The SMILES string of the molecule is C1CC2C3CCC(C3)C2C1.C=CC(=O)OCC(O)COC1CCC(CC2CCC(OCC(O)COC(=O)C=C)CC2)CC1.C=CC(=O)OCC(O)COCC.C=CC(=O)OCC(O)COCC. The molecule has 0 radical (unpaired) electrons. The van der Waals surface area contributed by atoms with Crippen LogP contribution in [0.4, 0.5) is 0 Å². The molecule has 384 valence electrons. The van der Waals surface area contributed by atoms with Crippen LogP contribution in [-0.4, -0.2) is 147 Å². The van der Waals surface area contributed by atoms with Gasteiger partial charge >= 0.3 is 23.9 Å². The Morgan fingerprint density at radius 1 is 0.463 bits per heavy atom. The molecule has 0 heterocycles. The molecule has 0 aliphatic heterocycles. The van der Waals surface area contributed by atoms with Gasteiger partial charge in [-0.15, -0.1) is 0 Å². The highest BCUT2D eigenvalue weighted by atomic mass is 16.6. The van der Waals surface area contributed by atoms with E-state index < -0.39 is 48.3 Å². The fourth-order valence-electron chi connectivity index (χ4n) is 9.70. The number of hydrogen-bond donors (Lipinski definition) is 4. The lowest BCUT2D eigenvalue weighted by Crippen LogP contribution is -2.30. The number of rotatable bonds is 26. The molecule has 67 heavy (non-hydrogen) atoms. The van der Waals surface area contributed by atoms with Crippen molar-refractivity contribution in [1.82, 2.24) is 0 Å². The highest BCUT2D eigenvalue weighted by molar-refractivity contribution is 5.82. The summed E-state index contributed by atoms with van der Waals surface area (Å²) >= 11 is 0. The molecule has 8 unspecified atom stereocenters. The fraction of sp³-hybridized carbons (Fsp3) is 0.765. The molecule has 0 saturated heterocycles. The molecule has 5 saturated carbocycles. The number of esters is 4. The monoisotopic (exact) mass is 953 g/mol. The summed E-state index contributed by atoms with van der Waals surface area (Å²) in [6.45, 7) is 18.2. The molecule has 5 rings (SSSR count). The van der Waals surface area contributed by atoms with E-state index in [0.717, 1.165) is 75.7 Å². The molecule has 5 aliphatic rings. The Labute approximate surface area is 399 Å². The molecule has 0 spiro atoms. The second-order valence-electron chi connectivity index (χ2n) is 18.1. The lowest BCUT2D eigenvalue weighted by atomic mass is 9.76. The zero-order chi connectivity index (χ0) is 49.4. The van der Waals surface area contributed by atoms with E-state index in [4.69, 9.17) is 38.6 Å². The molecule has 8 atom stereocenters. The standard InChI is InChI=1S/C25H40O8.C10H16.2C8H14O4/c1-3-24(28)32-16-20(26)14-30-22-9-5-18(6-10-22)13-19-7-11-23(12-8-19)31-15-21(27)17-33-25(29)4-2;1-2-9-7-4-5-8(6-7)10(9)3-1;2*1-3-8(10)12-6-7(9)5-11-4-2/h3-4,18-23,26-27H,1-2,5-17H2;7-10H,1-6H2;2*3,7,9H,1,4-6H2,2H3.